The van der Waals surface area contributed by atoms with Gasteiger partial charge < -0.3 is 19.1 Å². The largest absolute Gasteiger partial charge is 0.493 e. The van der Waals surface area contributed by atoms with E-state index in [1.54, 1.807) is 0 Å². The van der Waals surface area contributed by atoms with Crippen LogP contribution in [0.3, 0.4) is 0 Å². The lowest BCUT2D eigenvalue weighted by Gasteiger charge is -2.52. The van der Waals surface area contributed by atoms with Gasteiger partial charge in [0.1, 0.15) is 17.2 Å². The number of aryl methyl sites for hydroxylation is 1. The molecule has 308 valence electrons. The number of amides is 1. The number of benzene rings is 3. The maximum atomic E-state index is 13.9. The number of para-hydroxylation sites is 1. The molecule has 2 aliphatic heterocycles. The second kappa shape index (κ2) is 16.7. The van der Waals surface area contributed by atoms with E-state index < -0.39 is 11.6 Å². The summed E-state index contributed by atoms with van der Waals surface area (Å²) < 4.78 is 18.4. The van der Waals surface area contributed by atoms with Gasteiger partial charge in [0, 0.05) is 24.2 Å². The van der Waals surface area contributed by atoms with Crippen LogP contribution in [0.2, 0.25) is 0 Å². The molecule has 1 saturated carbocycles. The molecule has 3 aromatic carbocycles. The van der Waals surface area contributed by atoms with Gasteiger partial charge in [-0.2, -0.15) is 0 Å². The van der Waals surface area contributed by atoms with Crippen molar-refractivity contribution in [2.75, 3.05) is 49.6 Å². The Labute approximate surface area is 350 Å². The first-order valence-electron chi connectivity index (χ1n) is 20.7. The van der Waals surface area contributed by atoms with Gasteiger partial charge in [-0.15, -0.1) is 0 Å². The number of carbonyl (C=O) groups excluding carboxylic acids is 3. The Morgan fingerprint density at radius 2 is 1.71 bits per heavy atom. The van der Waals surface area contributed by atoms with E-state index in [9.17, 15) is 14.4 Å². The van der Waals surface area contributed by atoms with Crippen molar-refractivity contribution in [3.63, 3.8) is 0 Å². The van der Waals surface area contributed by atoms with Crippen LogP contribution < -0.4 is 15.0 Å². The first-order valence-corrected chi connectivity index (χ1v) is 21.6. The predicted molar refractivity (Wildman–Crippen MR) is 231 cm³/mol. The third kappa shape index (κ3) is 9.13. The summed E-state index contributed by atoms with van der Waals surface area (Å²) in [5.41, 5.74) is 5.93. The Balaban J connectivity index is 0.953. The molecule has 8 rings (SSSR count). The lowest BCUT2D eigenvalue weighted by Crippen LogP contribution is -2.49. The Bertz CT molecular complexity index is 2340. The number of hydrogen-bond donors (Lipinski definition) is 1. The molecule has 0 bridgehead atoms. The molecule has 0 unspecified atom stereocenters. The summed E-state index contributed by atoms with van der Waals surface area (Å²) in [6.45, 7) is 13.9. The average Bonchev–Trinajstić information content (AvgIpc) is 3.61. The lowest BCUT2D eigenvalue weighted by molar-refractivity contribution is -0.145. The van der Waals surface area contributed by atoms with Gasteiger partial charge in [-0.05, 0) is 156 Å². The molecule has 59 heavy (non-hydrogen) atoms. The van der Waals surface area contributed by atoms with E-state index >= 15 is 0 Å². The molecule has 2 fully saturated rings. The summed E-state index contributed by atoms with van der Waals surface area (Å²) >= 11 is 1.45. The fraction of sp³-hybridized carbons (Fsp3) is 0.426. The Morgan fingerprint density at radius 1 is 0.932 bits per heavy atom. The standard InChI is InChI=1S/C47H53N5O6S/c1-6-56-41(53)28-51-22-19-47(20-23-51)25-31(26-47)29-57-33-14-15-34(30(2)24-33)35-16-17-40(49-42(35)44(55)58-46(3,4)5)52-21-18-32-10-9-11-36(37(32)27-52)43(54)50-45-48-38-12-7-8-13-39(38)59-45/h7-17,24,31H,6,18-23,25-29H2,1-5H3,(H,48,50,54). The molecule has 1 N–H and O–H groups in total. The molecule has 2 aromatic heterocycles. The predicted octanol–water partition coefficient (Wildman–Crippen LogP) is 8.87. The molecule has 0 atom stereocenters. The minimum atomic E-state index is -0.714. The number of fused-ring (bicyclic) bond motifs is 2. The first kappa shape index (κ1) is 40.4. The molecule has 3 aliphatic rings. The van der Waals surface area contributed by atoms with Crippen LogP contribution in [0.5, 0.6) is 5.75 Å². The molecule has 1 amide bonds. The van der Waals surface area contributed by atoms with Gasteiger partial charge in [0.15, 0.2) is 10.8 Å². The van der Waals surface area contributed by atoms with Crippen LogP contribution in [-0.4, -0.2) is 77.7 Å². The Kier molecular flexibility index (Phi) is 11.5. The maximum absolute atomic E-state index is 13.9. The zero-order valence-electron chi connectivity index (χ0n) is 34.6. The van der Waals surface area contributed by atoms with Crippen molar-refractivity contribution in [2.24, 2.45) is 11.3 Å². The number of rotatable bonds is 11. The summed E-state index contributed by atoms with van der Waals surface area (Å²) in [6, 6.07) is 23.6. The van der Waals surface area contributed by atoms with Gasteiger partial charge in [-0.3, -0.25) is 19.8 Å². The minimum absolute atomic E-state index is 0.136. The first-order chi connectivity index (χ1) is 28.3. The average molecular weight is 816 g/mol. The highest BCUT2D eigenvalue weighted by atomic mass is 32.1. The second-order valence-corrected chi connectivity index (χ2v) is 18.3. The fourth-order valence-corrected chi connectivity index (χ4v) is 9.77. The van der Waals surface area contributed by atoms with Crippen LogP contribution >= 0.6 is 11.3 Å². The molecule has 1 spiro atoms. The van der Waals surface area contributed by atoms with Gasteiger partial charge >= 0.3 is 11.9 Å². The van der Waals surface area contributed by atoms with Gasteiger partial charge in [-0.1, -0.05) is 41.7 Å². The number of piperidine rings is 1. The Hall–Kier alpha value is -5.33. The highest BCUT2D eigenvalue weighted by Gasteiger charge is 2.46. The molecule has 1 aliphatic carbocycles. The molecule has 11 nitrogen and oxygen atoms in total. The van der Waals surface area contributed by atoms with E-state index in [1.807, 2.05) is 101 Å². The molecule has 12 heteroatoms. The lowest BCUT2D eigenvalue weighted by atomic mass is 9.58. The van der Waals surface area contributed by atoms with E-state index in [2.05, 4.69) is 26.2 Å². The minimum Gasteiger partial charge on any atom is -0.493 e. The number of likely N-dealkylation sites (tertiary alicyclic amines) is 1. The van der Waals surface area contributed by atoms with Crippen LogP contribution in [0, 0.1) is 18.3 Å². The number of nitrogens with zero attached hydrogens (tertiary/aromatic N) is 4. The van der Waals surface area contributed by atoms with Crippen molar-refractivity contribution in [2.45, 2.75) is 78.9 Å². The summed E-state index contributed by atoms with van der Waals surface area (Å²) in [5, 5.41) is 3.58. The number of aromatic nitrogens is 2. The fourth-order valence-electron chi connectivity index (χ4n) is 8.91. The second-order valence-electron chi connectivity index (χ2n) is 17.3. The van der Waals surface area contributed by atoms with E-state index in [1.165, 1.54) is 11.3 Å². The zero-order chi connectivity index (χ0) is 41.3. The van der Waals surface area contributed by atoms with Crippen LogP contribution in [0.1, 0.15) is 90.9 Å². The molecular formula is C47H53N5O6S. The van der Waals surface area contributed by atoms with Crippen LogP contribution in [0.4, 0.5) is 10.9 Å². The zero-order valence-corrected chi connectivity index (χ0v) is 35.5. The molecule has 4 heterocycles. The molecular weight excluding hydrogens is 763 g/mol. The number of thiazole rings is 1. The van der Waals surface area contributed by atoms with Crippen molar-refractivity contribution in [1.29, 1.82) is 0 Å². The van der Waals surface area contributed by atoms with Crippen molar-refractivity contribution in [3.05, 3.63) is 101 Å². The topological polar surface area (TPSA) is 123 Å². The van der Waals surface area contributed by atoms with Gasteiger partial charge in [0.25, 0.3) is 5.91 Å². The van der Waals surface area contributed by atoms with E-state index in [0.717, 1.165) is 83.4 Å². The highest BCUT2D eigenvalue weighted by molar-refractivity contribution is 7.22. The van der Waals surface area contributed by atoms with Gasteiger partial charge in [0.05, 0.1) is 30.0 Å². The molecule has 0 radical (unpaired) electrons. The number of hydrogen-bond acceptors (Lipinski definition) is 11. The van der Waals surface area contributed by atoms with Crippen LogP contribution in [-0.2, 0) is 27.2 Å². The van der Waals surface area contributed by atoms with Gasteiger partial charge in [0.2, 0.25) is 0 Å². The number of ether oxygens (including phenoxy) is 3. The molecule has 1 saturated heterocycles. The molecule has 5 aromatic rings. The Morgan fingerprint density at radius 3 is 2.46 bits per heavy atom. The summed E-state index contributed by atoms with van der Waals surface area (Å²) in [7, 11) is 0. The number of esters is 2. The number of carbonyl (C=O) groups is 3. The van der Waals surface area contributed by atoms with Crippen LogP contribution in [0.25, 0.3) is 21.3 Å². The summed E-state index contributed by atoms with van der Waals surface area (Å²) in [5.74, 6) is 1.12. The van der Waals surface area contributed by atoms with Crippen molar-refractivity contribution < 1.29 is 28.6 Å². The number of nitrogens with one attached hydrogen (secondary N) is 1. The summed E-state index contributed by atoms with van der Waals surface area (Å²) in [4.78, 5) is 53.4. The van der Waals surface area contributed by atoms with Crippen molar-refractivity contribution in [3.8, 4) is 16.9 Å². The van der Waals surface area contributed by atoms with E-state index in [4.69, 9.17) is 19.2 Å². The highest BCUT2D eigenvalue weighted by Crippen LogP contribution is 2.52. The van der Waals surface area contributed by atoms with E-state index in [-0.39, 0.29) is 17.6 Å². The third-order valence-electron chi connectivity index (χ3n) is 11.8. The van der Waals surface area contributed by atoms with E-state index in [0.29, 0.717) is 66.3 Å². The maximum Gasteiger partial charge on any atom is 0.358 e. The monoisotopic (exact) mass is 815 g/mol. The number of anilines is 2. The summed E-state index contributed by atoms with van der Waals surface area (Å²) in [6.07, 6.45) is 5.24. The SMILES string of the molecule is CCOC(=O)CN1CCC2(CC1)CC(COc1ccc(-c3ccc(N4CCc5cccc(C(=O)Nc6nc7ccccc7s6)c5C4)nc3C(=O)OC(C)(C)C)c(C)c1)C2. The smallest absolute Gasteiger partial charge is 0.358 e. The van der Waals surface area contributed by atoms with Crippen LogP contribution in [0.15, 0.2) is 72.8 Å². The normalized spacial score (nSPS) is 16.7. The van der Waals surface area contributed by atoms with Crippen molar-refractivity contribution in [1.82, 2.24) is 14.9 Å². The quantitative estimate of drug-likeness (QED) is 0.129. The third-order valence-corrected chi connectivity index (χ3v) is 12.8. The van der Waals surface area contributed by atoms with Gasteiger partial charge in [-0.25, -0.2) is 14.8 Å². The van der Waals surface area contributed by atoms with Crippen molar-refractivity contribution >= 4 is 50.3 Å². The number of pyridine rings is 1.